The van der Waals surface area contributed by atoms with Crippen molar-refractivity contribution in [3.8, 4) is 0 Å². The molecule has 2 aliphatic rings. The van der Waals surface area contributed by atoms with Crippen molar-refractivity contribution in [2.45, 2.75) is 31.8 Å². The second-order valence-electron chi connectivity index (χ2n) is 5.05. The third-order valence-electron chi connectivity index (χ3n) is 3.70. The number of benzene rings is 1. The molecule has 0 radical (unpaired) electrons. The molecule has 0 unspecified atom stereocenters. The minimum absolute atomic E-state index is 0.0132. The maximum absolute atomic E-state index is 12.2. The van der Waals surface area contributed by atoms with Crippen LogP contribution >= 0.6 is 0 Å². The summed E-state index contributed by atoms with van der Waals surface area (Å²) in [4.78, 5) is 13.9. The molecule has 108 valence electrons. The molecule has 1 aromatic carbocycles. The number of hydrogen-bond acceptors (Lipinski definition) is 4. The lowest BCUT2D eigenvalue weighted by atomic mass is 10.2. The molecule has 1 amide bonds. The van der Waals surface area contributed by atoms with Gasteiger partial charge in [0.25, 0.3) is 0 Å². The molecule has 0 N–H and O–H groups in total. The number of likely N-dealkylation sites (tertiary alicyclic amines) is 1. The molecule has 2 saturated heterocycles. The van der Waals surface area contributed by atoms with Crippen molar-refractivity contribution in [1.29, 1.82) is 0 Å². The van der Waals surface area contributed by atoms with E-state index in [-0.39, 0.29) is 18.4 Å². The van der Waals surface area contributed by atoms with E-state index in [4.69, 9.17) is 14.2 Å². The normalized spacial score (nSPS) is 23.2. The number of hydrogen-bond donors (Lipinski definition) is 0. The Hall–Kier alpha value is -1.59. The van der Waals surface area contributed by atoms with Crippen LogP contribution in [0.2, 0.25) is 0 Å². The molecule has 0 bridgehead atoms. The fourth-order valence-corrected chi connectivity index (χ4v) is 2.70. The quantitative estimate of drug-likeness (QED) is 0.849. The maximum Gasteiger partial charge on any atom is 0.410 e. The van der Waals surface area contributed by atoms with Gasteiger partial charge >= 0.3 is 6.09 Å². The van der Waals surface area contributed by atoms with E-state index < -0.39 is 0 Å². The van der Waals surface area contributed by atoms with Gasteiger partial charge in [-0.25, -0.2) is 4.79 Å². The van der Waals surface area contributed by atoms with Crippen molar-refractivity contribution in [2.24, 2.45) is 0 Å². The lowest BCUT2D eigenvalue weighted by Gasteiger charge is -2.27. The van der Waals surface area contributed by atoms with Crippen LogP contribution in [0.4, 0.5) is 4.79 Å². The van der Waals surface area contributed by atoms with E-state index in [1.54, 1.807) is 4.90 Å². The molecule has 0 saturated carbocycles. The lowest BCUT2D eigenvalue weighted by molar-refractivity contribution is -0.0869. The smallest absolute Gasteiger partial charge is 0.410 e. The van der Waals surface area contributed by atoms with Crippen molar-refractivity contribution >= 4 is 6.09 Å². The SMILES string of the molecule is O=C(OCc1ccccc1)N1CCC[C@H]1C1OCCO1. The molecule has 2 aliphatic heterocycles. The number of rotatable bonds is 3. The van der Waals surface area contributed by atoms with E-state index >= 15 is 0 Å². The second kappa shape index (κ2) is 6.24. The van der Waals surface area contributed by atoms with Gasteiger partial charge in [0.15, 0.2) is 6.29 Å². The van der Waals surface area contributed by atoms with Crippen LogP contribution in [0.15, 0.2) is 30.3 Å². The summed E-state index contributed by atoms with van der Waals surface area (Å²) in [6.07, 6.45) is 1.30. The third kappa shape index (κ3) is 2.94. The van der Waals surface area contributed by atoms with E-state index in [1.165, 1.54) is 0 Å². The Morgan fingerprint density at radius 3 is 2.75 bits per heavy atom. The largest absolute Gasteiger partial charge is 0.445 e. The zero-order valence-electron chi connectivity index (χ0n) is 11.4. The van der Waals surface area contributed by atoms with Crippen molar-refractivity contribution in [1.82, 2.24) is 4.90 Å². The summed E-state index contributed by atoms with van der Waals surface area (Å²) in [5, 5.41) is 0. The molecule has 0 aliphatic carbocycles. The van der Waals surface area contributed by atoms with E-state index in [1.807, 2.05) is 30.3 Å². The molecule has 0 spiro atoms. The Kier molecular flexibility index (Phi) is 4.18. The highest BCUT2D eigenvalue weighted by Gasteiger charge is 2.38. The summed E-state index contributed by atoms with van der Waals surface area (Å²) >= 11 is 0. The van der Waals surface area contributed by atoms with Gasteiger partial charge in [-0.2, -0.15) is 0 Å². The molecule has 3 rings (SSSR count). The van der Waals surface area contributed by atoms with Crippen LogP contribution in [0.5, 0.6) is 0 Å². The summed E-state index contributed by atoms with van der Waals surface area (Å²) < 4.78 is 16.4. The van der Waals surface area contributed by atoms with E-state index in [9.17, 15) is 4.79 Å². The van der Waals surface area contributed by atoms with Crippen molar-refractivity contribution in [3.05, 3.63) is 35.9 Å². The molecule has 1 aromatic rings. The average Bonchev–Trinajstić information content (AvgIpc) is 3.15. The van der Waals surface area contributed by atoms with E-state index in [2.05, 4.69) is 0 Å². The summed E-state index contributed by atoms with van der Waals surface area (Å²) in [6, 6.07) is 9.68. The minimum Gasteiger partial charge on any atom is -0.445 e. The molecular formula is C15H19NO4. The van der Waals surface area contributed by atoms with E-state index in [0.29, 0.717) is 26.4 Å². The van der Waals surface area contributed by atoms with Crippen molar-refractivity contribution < 1.29 is 19.0 Å². The predicted molar refractivity (Wildman–Crippen MR) is 72.0 cm³/mol. The summed E-state index contributed by atoms with van der Waals surface area (Å²) in [6.45, 7) is 2.22. The molecule has 5 nitrogen and oxygen atoms in total. The highest BCUT2D eigenvalue weighted by Crippen LogP contribution is 2.25. The van der Waals surface area contributed by atoms with Crippen LogP contribution < -0.4 is 0 Å². The number of nitrogens with zero attached hydrogens (tertiary/aromatic N) is 1. The van der Waals surface area contributed by atoms with Crippen LogP contribution in [0.25, 0.3) is 0 Å². The number of carbonyl (C=O) groups is 1. The number of amides is 1. The number of ether oxygens (including phenoxy) is 3. The zero-order chi connectivity index (χ0) is 13.8. The first-order valence-corrected chi connectivity index (χ1v) is 7.05. The van der Waals surface area contributed by atoms with Gasteiger partial charge in [-0.1, -0.05) is 30.3 Å². The van der Waals surface area contributed by atoms with Gasteiger partial charge in [0.2, 0.25) is 0 Å². The molecular weight excluding hydrogens is 258 g/mol. The van der Waals surface area contributed by atoms with Gasteiger partial charge in [0.05, 0.1) is 19.3 Å². The van der Waals surface area contributed by atoms with Gasteiger partial charge < -0.3 is 19.1 Å². The Labute approximate surface area is 118 Å². The van der Waals surface area contributed by atoms with Crippen LogP contribution in [-0.2, 0) is 20.8 Å². The van der Waals surface area contributed by atoms with Gasteiger partial charge in [-0.05, 0) is 18.4 Å². The fraction of sp³-hybridized carbons (Fsp3) is 0.533. The molecule has 2 heterocycles. The lowest BCUT2D eigenvalue weighted by Crippen LogP contribution is -2.43. The van der Waals surface area contributed by atoms with Gasteiger partial charge in [-0.3, -0.25) is 0 Å². The first kappa shape index (κ1) is 13.4. The van der Waals surface area contributed by atoms with Crippen LogP contribution in [0.3, 0.4) is 0 Å². The van der Waals surface area contributed by atoms with Crippen molar-refractivity contribution in [2.75, 3.05) is 19.8 Å². The first-order chi connectivity index (χ1) is 9.84. The Bertz CT molecular complexity index is 444. The summed E-state index contributed by atoms with van der Waals surface area (Å²) in [5.74, 6) is 0. The Morgan fingerprint density at radius 1 is 1.25 bits per heavy atom. The van der Waals surface area contributed by atoms with Gasteiger partial charge in [0.1, 0.15) is 6.61 Å². The molecule has 0 aromatic heterocycles. The first-order valence-electron chi connectivity index (χ1n) is 7.05. The van der Waals surface area contributed by atoms with Crippen LogP contribution in [0, 0.1) is 0 Å². The maximum atomic E-state index is 12.2. The highest BCUT2D eigenvalue weighted by molar-refractivity contribution is 5.68. The Morgan fingerprint density at radius 2 is 2.00 bits per heavy atom. The predicted octanol–water partition coefficient (Wildman–Crippen LogP) is 2.16. The summed E-state index contributed by atoms with van der Waals surface area (Å²) in [5.41, 5.74) is 0.991. The molecule has 2 fully saturated rings. The van der Waals surface area contributed by atoms with E-state index in [0.717, 1.165) is 18.4 Å². The molecule has 1 atom stereocenters. The second-order valence-corrected chi connectivity index (χ2v) is 5.05. The van der Waals surface area contributed by atoms with Crippen molar-refractivity contribution in [3.63, 3.8) is 0 Å². The third-order valence-corrected chi connectivity index (χ3v) is 3.70. The Balaban J connectivity index is 1.55. The minimum atomic E-state index is -0.290. The monoisotopic (exact) mass is 277 g/mol. The standard InChI is InChI=1S/C15H19NO4/c17-15(20-11-12-5-2-1-3-6-12)16-8-4-7-13(16)14-18-9-10-19-14/h1-3,5-6,13-14H,4,7-11H2/t13-/m0/s1. The highest BCUT2D eigenvalue weighted by atomic mass is 16.7. The molecule has 20 heavy (non-hydrogen) atoms. The topological polar surface area (TPSA) is 48.0 Å². The fourth-order valence-electron chi connectivity index (χ4n) is 2.70. The van der Waals surface area contributed by atoms with Crippen LogP contribution in [0.1, 0.15) is 18.4 Å². The van der Waals surface area contributed by atoms with Gasteiger partial charge in [-0.15, -0.1) is 0 Å². The van der Waals surface area contributed by atoms with Gasteiger partial charge in [0, 0.05) is 6.54 Å². The average molecular weight is 277 g/mol. The zero-order valence-corrected chi connectivity index (χ0v) is 11.4. The summed E-state index contributed by atoms with van der Waals surface area (Å²) in [7, 11) is 0. The van der Waals surface area contributed by atoms with Crippen LogP contribution in [-0.4, -0.2) is 43.1 Å². The number of carbonyl (C=O) groups excluding carboxylic acids is 1. The molecule has 5 heteroatoms.